The van der Waals surface area contributed by atoms with Crippen LogP contribution in [0.3, 0.4) is 0 Å². The van der Waals surface area contributed by atoms with Gasteiger partial charge in [-0.15, -0.1) is 0 Å². The van der Waals surface area contributed by atoms with E-state index in [1.165, 1.54) is 6.20 Å². The molecule has 1 amide bonds. The smallest absolute Gasteiger partial charge is 0.267 e. The summed E-state index contributed by atoms with van der Waals surface area (Å²) in [6.07, 6.45) is 0.714. The summed E-state index contributed by atoms with van der Waals surface area (Å²) in [7, 11) is 0. The Labute approximate surface area is 122 Å². The van der Waals surface area contributed by atoms with E-state index in [4.69, 9.17) is 22.0 Å². The number of nitriles is 1. The molecule has 1 rings (SSSR count). The Hall–Kier alpha value is -2.03. The number of halogens is 1. The molecule has 0 fully saturated rings. The van der Waals surface area contributed by atoms with E-state index in [-0.39, 0.29) is 12.1 Å². The van der Waals surface area contributed by atoms with Gasteiger partial charge in [-0.2, -0.15) is 5.26 Å². The van der Waals surface area contributed by atoms with Crippen molar-refractivity contribution in [1.29, 1.82) is 5.26 Å². The van der Waals surface area contributed by atoms with E-state index in [0.717, 1.165) is 5.56 Å². The Balaban J connectivity index is 2.78. The third-order valence-corrected chi connectivity index (χ3v) is 2.95. The van der Waals surface area contributed by atoms with Gasteiger partial charge in [-0.3, -0.25) is 4.79 Å². The maximum absolute atomic E-state index is 11.9. The Morgan fingerprint density at radius 3 is 2.90 bits per heavy atom. The topological polar surface area (TPSA) is 85.2 Å². The van der Waals surface area contributed by atoms with Crippen LogP contribution in [0.15, 0.2) is 30.0 Å². The van der Waals surface area contributed by atoms with Crippen LogP contribution in [0.4, 0.5) is 5.69 Å². The molecule has 0 heterocycles. The zero-order chi connectivity index (χ0) is 15.1. The molecule has 0 bridgehead atoms. The zero-order valence-corrected chi connectivity index (χ0v) is 12.0. The van der Waals surface area contributed by atoms with E-state index >= 15 is 0 Å². The van der Waals surface area contributed by atoms with Crippen molar-refractivity contribution in [3.8, 4) is 6.07 Å². The molecule has 0 aliphatic carbocycles. The SMILES string of the molecule is Cc1c(Cl)cccc1NC(=O)/C(C#N)=C\NCC(C)O. The number of hydrogen-bond donors (Lipinski definition) is 3. The van der Waals surface area contributed by atoms with Crippen LogP contribution in [-0.2, 0) is 4.79 Å². The molecule has 6 heteroatoms. The van der Waals surface area contributed by atoms with Crippen LogP contribution in [-0.4, -0.2) is 23.7 Å². The van der Waals surface area contributed by atoms with Gasteiger partial charge in [0.2, 0.25) is 0 Å². The molecule has 1 aromatic rings. The molecule has 20 heavy (non-hydrogen) atoms. The quantitative estimate of drug-likeness (QED) is 0.572. The monoisotopic (exact) mass is 293 g/mol. The number of rotatable bonds is 5. The number of nitrogens with zero attached hydrogens (tertiary/aromatic N) is 1. The van der Waals surface area contributed by atoms with Gasteiger partial charge in [0, 0.05) is 23.5 Å². The van der Waals surface area contributed by atoms with Crippen molar-refractivity contribution in [3.05, 3.63) is 40.6 Å². The van der Waals surface area contributed by atoms with E-state index in [0.29, 0.717) is 10.7 Å². The first kappa shape index (κ1) is 16.0. The Kier molecular flexibility index (Phi) is 6.04. The number of aliphatic hydroxyl groups excluding tert-OH is 1. The van der Waals surface area contributed by atoms with E-state index in [2.05, 4.69) is 10.6 Å². The number of carbonyl (C=O) groups excluding carboxylic acids is 1. The van der Waals surface area contributed by atoms with Crippen LogP contribution >= 0.6 is 11.6 Å². The van der Waals surface area contributed by atoms with Crippen molar-refractivity contribution in [1.82, 2.24) is 5.32 Å². The number of nitrogens with one attached hydrogen (secondary N) is 2. The lowest BCUT2D eigenvalue weighted by Crippen LogP contribution is -2.22. The van der Waals surface area contributed by atoms with Crippen LogP contribution < -0.4 is 10.6 Å². The van der Waals surface area contributed by atoms with Crippen LogP contribution in [0.1, 0.15) is 12.5 Å². The highest BCUT2D eigenvalue weighted by molar-refractivity contribution is 6.31. The molecule has 1 unspecified atom stereocenters. The number of anilines is 1. The standard InChI is InChI=1S/C14H16ClN3O2/c1-9(19)7-17-8-11(6-16)14(20)18-13-5-3-4-12(15)10(13)2/h3-5,8-9,17,19H,7H2,1-2H3,(H,18,20)/b11-8-. The molecule has 106 valence electrons. The van der Waals surface area contributed by atoms with Crippen molar-refractivity contribution in [3.63, 3.8) is 0 Å². The Bertz CT molecular complexity index is 562. The summed E-state index contributed by atoms with van der Waals surface area (Å²) < 4.78 is 0. The average molecular weight is 294 g/mol. The molecule has 0 saturated carbocycles. The van der Waals surface area contributed by atoms with E-state index in [1.54, 1.807) is 38.1 Å². The summed E-state index contributed by atoms with van der Waals surface area (Å²) in [4.78, 5) is 11.9. The Morgan fingerprint density at radius 2 is 2.30 bits per heavy atom. The van der Waals surface area contributed by atoms with Gasteiger partial charge in [0.05, 0.1) is 6.10 Å². The molecule has 0 aliphatic rings. The van der Waals surface area contributed by atoms with Gasteiger partial charge in [-0.05, 0) is 31.5 Å². The first-order chi connectivity index (χ1) is 9.45. The van der Waals surface area contributed by atoms with Crippen molar-refractivity contribution >= 4 is 23.2 Å². The summed E-state index contributed by atoms with van der Waals surface area (Å²) in [5.41, 5.74) is 1.21. The molecule has 0 saturated heterocycles. The normalized spacial score (nSPS) is 12.4. The van der Waals surface area contributed by atoms with E-state index in [9.17, 15) is 4.79 Å². The third kappa shape index (κ3) is 4.57. The molecule has 3 N–H and O–H groups in total. The lowest BCUT2D eigenvalue weighted by atomic mass is 10.2. The molecule has 0 aromatic heterocycles. The highest BCUT2D eigenvalue weighted by Gasteiger charge is 2.11. The molecule has 1 aromatic carbocycles. The second-order valence-corrected chi connectivity index (χ2v) is 4.70. The molecule has 1 atom stereocenters. The second kappa shape index (κ2) is 7.53. The minimum Gasteiger partial charge on any atom is -0.392 e. The van der Waals surface area contributed by atoms with E-state index < -0.39 is 12.0 Å². The molecular weight excluding hydrogens is 278 g/mol. The largest absolute Gasteiger partial charge is 0.392 e. The second-order valence-electron chi connectivity index (χ2n) is 4.29. The third-order valence-electron chi connectivity index (χ3n) is 2.54. The van der Waals surface area contributed by atoms with Gasteiger partial charge in [-0.25, -0.2) is 0 Å². The molecule has 5 nitrogen and oxygen atoms in total. The highest BCUT2D eigenvalue weighted by atomic mass is 35.5. The fourth-order valence-corrected chi connectivity index (χ4v) is 1.59. The molecule has 0 aliphatic heterocycles. The van der Waals surface area contributed by atoms with Gasteiger partial charge in [0.15, 0.2) is 0 Å². The lowest BCUT2D eigenvalue weighted by Gasteiger charge is -2.09. The average Bonchev–Trinajstić information content (AvgIpc) is 2.39. The van der Waals surface area contributed by atoms with Gasteiger partial charge in [-0.1, -0.05) is 17.7 Å². The van der Waals surface area contributed by atoms with Gasteiger partial charge < -0.3 is 15.7 Å². The van der Waals surface area contributed by atoms with Gasteiger partial charge in [0.25, 0.3) is 5.91 Å². The molecular formula is C14H16ClN3O2. The van der Waals surface area contributed by atoms with Crippen LogP contribution in [0.5, 0.6) is 0 Å². The molecule has 0 spiro atoms. The van der Waals surface area contributed by atoms with Crippen LogP contribution in [0, 0.1) is 18.3 Å². The number of amides is 1. The maximum Gasteiger partial charge on any atom is 0.267 e. The summed E-state index contributed by atoms with van der Waals surface area (Å²) in [5, 5.41) is 23.9. The van der Waals surface area contributed by atoms with Gasteiger partial charge >= 0.3 is 0 Å². The van der Waals surface area contributed by atoms with Crippen molar-refractivity contribution < 1.29 is 9.90 Å². The van der Waals surface area contributed by atoms with Crippen molar-refractivity contribution in [2.75, 3.05) is 11.9 Å². The number of aliphatic hydroxyl groups is 1. The maximum atomic E-state index is 11.9. The van der Waals surface area contributed by atoms with Crippen molar-refractivity contribution in [2.45, 2.75) is 20.0 Å². The fourth-order valence-electron chi connectivity index (χ4n) is 1.41. The van der Waals surface area contributed by atoms with E-state index in [1.807, 2.05) is 0 Å². The predicted molar refractivity (Wildman–Crippen MR) is 78.2 cm³/mol. The predicted octanol–water partition coefficient (Wildman–Crippen LogP) is 1.96. The number of carbonyl (C=O) groups is 1. The van der Waals surface area contributed by atoms with Crippen LogP contribution in [0.2, 0.25) is 5.02 Å². The number of benzene rings is 1. The summed E-state index contributed by atoms with van der Waals surface area (Å²) >= 11 is 5.96. The summed E-state index contributed by atoms with van der Waals surface area (Å²) in [6, 6.07) is 6.94. The summed E-state index contributed by atoms with van der Waals surface area (Å²) in [5.74, 6) is -0.532. The minimum absolute atomic E-state index is 0.0787. The fraction of sp³-hybridized carbons (Fsp3) is 0.286. The highest BCUT2D eigenvalue weighted by Crippen LogP contribution is 2.23. The van der Waals surface area contributed by atoms with Gasteiger partial charge in [0.1, 0.15) is 11.6 Å². The Morgan fingerprint density at radius 1 is 1.60 bits per heavy atom. The van der Waals surface area contributed by atoms with Crippen molar-refractivity contribution in [2.24, 2.45) is 0 Å². The minimum atomic E-state index is -0.565. The molecule has 0 radical (unpaired) electrons. The van der Waals surface area contributed by atoms with Crippen LogP contribution in [0.25, 0.3) is 0 Å². The first-order valence-electron chi connectivity index (χ1n) is 6.04. The zero-order valence-electron chi connectivity index (χ0n) is 11.3. The lowest BCUT2D eigenvalue weighted by molar-refractivity contribution is -0.112. The summed E-state index contributed by atoms with van der Waals surface area (Å²) in [6.45, 7) is 3.64. The first-order valence-corrected chi connectivity index (χ1v) is 6.41. The number of hydrogen-bond acceptors (Lipinski definition) is 4.